The number of benzene rings is 2. The van der Waals surface area contributed by atoms with Gasteiger partial charge in [-0.3, -0.25) is 9.59 Å². The quantitative estimate of drug-likeness (QED) is 0.691. The van der Waals surface area contributed by atoms with E-state index in [1.165, 1.54) is 0 Å². The topological polar surface area (TPSA) is 70.2 Å². The van der Waals surface area contributed by atoms with Crippen LogP contribution in [0.1, 0.15) is 39.5 Å². The van der Waals surface area contributed by atoms with E-state index in [4.69, 9.17) is 0 Å². The van der Waals surface area contributed by atoms with Crippen LogP contribution in [0.25, 0.3) is 10.9 Å². The maximum absolute atomic E-state index is 12.5. The number of carbonyl (C=O) groups excluding carboxylic acids is 1. The van der Waals surface area contributed by atoms with Crippen molar-refractivity contribution in [2.24, 2.45) is 0 Å². The summed E-state index contributed by atoms with van der Waals surface area (Å²) in [6, 6.07) is 14.8. The maximum Gasteiger partial charge on any atom is 0.311 e. The van der Waals surface area contributed by atoms with E-state index in [9.17, 15) is 14.7 Å². The van der Waals surface area contributed by atoms with E-state index in [2.05, 4.69) is 4.98 Å². The number of hydrogen-bond acceptors (Lipinski definition) is 2. The Hall–Kier alpha value is -2.88. The Morgan fingerprint density at radius 2 is 1.71 bits per heavy atom. The summed E-state index contributed by atoms with van der Waals surface area (Å²) in [5, 5.41) is 10.6. The number of hydrogen-bond donors (Lipinski definition) is 2. The first kappa shape index (κ1) is 16.0. The molecule has 4 heteroatoms. The highest BCUT2D eigenvalue weighted by Gasteiger charge is 2.28. The third-order valence-corrected chi connectivity index (χ3v) is 4.35. The number of carboxylic acid groups (broad SMARTS) is 1. The molecule has 0 amide bonds. The van der Waals surface area contributed by atoms with Gasteiger partial charge in [0.25, 0.3) is 0 Å². The first-order valence-electron chi connectivity index (χ1n) is 7.87. The van der Waals surface area contributed by atoms with Gasteiger partial charge in [0.05, 0.1) is 5.92 Å². The summed E-state index contributed by atoms with van der Waals surface area (Å²) in [4.78, 5) is 27.6. The van der Waals surface area contributed by atoms with E-state index in [1.54, 1.807) is 12.1 Å². The molecular formula is C20H19NO3. The van der Waals surface area contributed by atoms with E-state index < -0.39 is 11.9 Å². The number of H-pyrrole nitrogens is 1. The van der Waals surface area contributed by atoms with Crippen LogP contribution in [-0.4, -0.2) is 21.8 Å². The molecule has 0 saturated carbocycles. The predicted molar refractivity (Wildman–Crippen MR) is 93.5 cm³/mol. The fourth-order valence-corrected chi connectivity index (χ4v) is 3.10. The molecule has 2 N–H and O–H groups in total. The SMILES string of the molecule is Cc1ccc(C(=O)CC(C(=O)O)c2c(C)[nH]c3ccccc23)cc1. The molecule has 24 heavy (non-hydrogen) atoms. The van der Waals surface area contributed by atoms with Crippen LogP contribution in [0.15, 0.2) is 48.5 Å². The Bertz CT molecular complexity index is 906. The number of ketones is 1. The molecule has 122 valence electrons. The molecule has 0 bridgehead atoms. The summed E-state index contributed by atoms with van der Waals surface area (Å²) in [6.45, 7) is 3.80. The highest BCUT2D eigenvalue weighted by molar-refractivity contribution is 6.00. The molecule has 0 aliphatic rings. The third-order valence-electron chi connectivity index (χ3n) is 4.35. The van der Waals surface area contributed by atoms with E-state index >= 15 is 0 Å². The van der Waals surface area contributed by atoms with Crippen molar-refractivity contribution < 1.29 is 14.7 Å². The van der Waals surface area contributed by atoms with Crippen molar-refractivity contribution in [2.75, 3.05) is 0 Å². The molecule has 1 heterocycles. The Morgan fingerprint density at radius 1 is 1.04 bits per heavy atom. The Labute approximate surface area is 140 Å². The number of Topliss-reactive ketones (excluding diaryl/α,β-unsaturated/α-hetero) is 1. The lowest BCUT2D eigenvalue weighted by Gasteiger charge is -2.13. The van der Waals surface area contributed by atoms with Gasteiger partial charge in [0.1, 0.15) is 0 Å². The number of aliphatic carboxylic acids is 1. The summed E-state index contributed by atoms with van der Waals surface area (Å²) < 4.78 is 0. The molecule has 0 fully saturated rings. The van der Waals surface area contributed by atoms with Gasteiger partial charge in [0, 0.05) is 28.6 Å². The molecule has 2 aromatic carbocycles. The van der Waals surface area contributed by atoms with Crippen molar-refractivity contribution in [3.05, 3.63) is 70.9 Å². The molecule has 1 aromatic heterocycles. The molecule has 0 saturated heterocycles. The number of fused-ring (bicyclic) bond motifs is 1. The monoisotopic (exact) mass is 321 g/mol. The molecule has 1 atom stereocenters. The van der Waals surface area contributed by atoms with Crippen LogP contribution in [0.4, 0.5) is 0 Å². The van der Waals surface area contributed by atoms with Gasteiger partial charge in [-0.25, -0.2) is 0 Å². The van der Waals surface area contributed by atoms with Gasteiger partial charge in [-0.05, 0) is 25.5 Å². The summed E-state index contributed by atoms with van der Waals surface area (Å²) in [5.41, 5.74) is 3.98. The van der Waals surface area contributed by atoms with Gasteiger partial charge < -0.3 is 10.1 Å². The molecular weight excluding hydrogens is 302 g/mol. The number of para-hydroxylation sites is 1. The zero-order valence-electron chi connectivity index (χ0n) is 13.7. The maximum atomic E-state index is 12.5. The van der Waals surface area contributed by atoms with Gasteiger partial charge in [-0.15, -0.1) is 0 Å². The van der Waals surface area contributed by atoms with Crippen molar-refractivity contribution in [3.8, 4) is 0 Å². The molecule has 0 aliphatic carbocycles. The average molecular weight is 321 g/mol. The zero-order chi connectivity index (χ0) is 17.3. The molecule has 3 aromatic rings. The summed E-state index contributed by atoms with van der Waals surface area (Å²) in [6.07, 6.45) is -0.0545. The predicted octanol–water partition coefficient (Wildman–Crippen LogP) is 4.23. The highest BCUT2D eigenvalue weighted by atomic mass is 16.4. The number of carboxylic acids is 1. The van der Waals surface area contributed by atoms with Crippen molar-refractivity contribution in [1.29, 1.82) is 0 Å². The van der Waals surface area contributed by atoms with Gasteiger partial charge in [0.15, 0.2) is 5.78 Å². The third kappa shape index (κ3) is 2.95. The number of aromatic amines is 1. The normalized spacial score (nSPS) is 12.2. The van der Waals surface area contributed by atoms with E-state index in [0.717, 1.165) is 22.2 Å². The lowest BCUT2D eigenvalue weighted by molar-refractivity contribution is -0.138. The van der Waals surface area contributed by atoms with Crippen LogP contribution in [0.5, 0.6) is 0 Å². The zero-order valence-corrected chi connectivity index (χ0v) is 13.7. The van der Waals surface area contributed by atoms with Gasteiger partial charge in [-0.1, -0.05) is 48.0 Å². The first-order chi connectivity index (χ1) is 11.5. The molecule has 0 aliphatic heterocycles. The lowest BCUT2D eigenvalue weighted by atomic mass is 9.89. The van der Waals surface area contributed by atoms with Crippen LogP contribution < -0.4 is 0 Å². The smallest absolute Gasteiger partial charge is 0.311 e. The Kier molecular flexibility index (Phi) is 4.21. The van der Waals surface area contributed by atoms with Crippen molar-refractivity contribution >= 4 is 22.7 Å². The lowest BCUT2D eigenvalue weighted by Crippen LogP contribution is -2.17. The van der Waals surface area contributed by atoms with E-state index in [1.807, 2.05) is 50.2 Å². The number of rotatable bonds is 5. The highest BCUT2D eigenvalue weighted by Crippen LogP contribution is 2.32. The first-order valence-corrected chi connectivity index (χ1v) is 7.87. The number of aryl methyl sites for hydroxylation is 2. The minimum atomic E-state index is -0.983. The number of nitrogens with one attached hydrogen (secondary N) is 1. The van der Waals surface area contributed by atoms with Crippen LogP contribution in [0.3, 0.4) is 0 Å². The molecule has 0 spiro atoms. The molecule has 1 unspecified atom stereocenters. The molecule has 3 rings (SSSR count). The summed E-state index contributed by atoms with van der Waals surface area (Å²) in [5.74, 6) is -2.01. The molecule has 0 radical (unpaired) electrons. The fourth-order valence-electron chi connectivity index (χ4n) is 3.10. The van der Waals surface area contributed by atoms with Crippen molar-refractivity contribution in [1.82, 2.24) is 4.98 Å². The summed E-state index contributed by atoms with van der Waals surface area (Å²) >= 11 is 0. The van der Waals surface area contributed by atoms with Crippen molar-refractivity contribution in [2.45, 2.75) is 26.2 Å². The second-order valence-corrected chi connectivity index (χ2v) is 6.09. The summed E-state index contributed by atoms with van der Waals surface area (Å²) in [7, 11) is 0. The van der Waals surface area contributed by atoms with E-state index in [-0.39, 0.29) is 12.2 Å². The van der Waals surface area contributed by atoms with Gasteiger partial charge in [0.2, 0.25) is 0 Å². The van der Waals surface area contributed by atoms with E-state index in [0.29, 0.717) is 11.1 Å². The standard InChI is InChI=1S/C20H19NO3/c1-12-7-9-14(10-8-12)18(22)11-16(20(23)24)19-13(2)21-17-6-4-3-5-15(17)19/h3-10,16,21H,11H2,1-2H3,(H,23,24). The number of carbonyl (C=O) groups is 2. The second-order valence-electron chi connectivity index (χ2n) is 6.09. The van der Waals surface area contributed by atoms with Gasteiger partial charge >= 0.3 is 5.97 Å². The molecule has 4 nitrogen and oxygen atoms in total. The van der Waals surface area contributed by atoms with Gasteiger partial charge in [-0.2, -0.15) is 0 Å². The largest absolute Gasteiger partial charge is 0.481 e. The van der Waals surface area contributed by atoms with Crippen LogP contribution >= 0.6 is 0 Å². The minimum absolute atomic E-state index is 0.0545. The fraction of sp³-hybridized carbons (Fsp3) is 0.200. The number of aromatic nitrogens is 1. The minimum Gasteiger partial charge on any atom is -0.481 e. The van der Waals surface area contributed by atoms with Crippen LogP contribution in [0, 0.1) is 13.8 Å². The Balaban J connectivity index is 1.98. The van der Waals surface area contributed by atoms with Crippen molar-refractivity contribution in [3.63, 3.8) is 0 Å². The second kappa shape index (κ2) is 6.32. The van der Waals surface area contributed by atoms with Crippen LogP contribution in [-0.2, 0) is 4.79 Å². The average Bonchev–Trinajstić information content (AvgIpc) is 2.88. The van der Waals surface area contributed by atoms with Crippen LogP contribution in [0.2, 0.25) is 0 Å². The Morgan fingerprint density at radius 3 is 2.38 bits per heavy atom.